The minimum atomic E-state index is -0.285. The molecule has 0 aliphatic carbocycles. The van der Waals surface area contributed by atoms with Gasteiger partial charge in [0.05, 0.1) is 12.7 Å². The Kier molecular flexibility index (Phi) is 6.86. The lowest BCUT2D eigenvalue weighted by molar-refractivity contribution is 0.102. The summed E-state index contributed by atoms with van der Waals surface area (Å²) in [6.07, 6.45) is 4.08. The number of piperidine rings is 1. The minimum absolute atomic E-state index is 0.283. The molecule has 4 aromatic rings. The summed E-state index contributed by atoms with van der Waals surface area (Å²) in [6.45, 7) is 2.73. The second kappa shape index (κ2) is 10.5. The first-order valence-electron chi connectivity index (χ1n) is 11.9. The molecule has 1 aromatic heterocycles. The average molecular weight is 468 g/mol. The predicted molar refractivity (Wildman–Crippen MR) is 137 cm³/mol. The molecule has 35 heavy (non-hydrogen) atoms. The lowest BCUT2D eigenvalue weighted by Gasteiger charge is -2.29. The average Bonchev–Trinajstić information content (AvgIpc) is 3.36. The van der Waals surface area contributed by atoms with Gasteiger partial charge in [0.15, 0.2) is 5.69 Å². The van der Waals surface area contributed by atoms with E-state index in [1.54, 1.807) is 10.9 Å². The van der Waals surface area contributed by atoms with Gasteiger partial charge in [0.25, 0.3) is 5.91 Å². The number of anilines is 1. The quantitative estimate of drug-likeness (QED) is 0.426. The van der Waals surface area contributed by atoms with Gasteiger partial charge in [0.2, 0.25) is 0 Å². The lowest BCUT2D eigenvalue weighted by atomic mass is 10.0. The van der Waals surface area contributed by atoms with Crippen molar-refractivity contribution in [2.24, 2.45) is 0 Å². The minimum Gasteiger partial charge on any atom is -0.490 e. The summed E-state index contributed by atoms with van der Waals surface area (Å²) in [7, 11) is 2.15. The van der Waals surface area contributed by atoms with Crippen LogP contribution in [0, 0.1) is 0 Å². The van der Waals surface area contributed by atoms with Gasteiger partial charge in [-0.2, -0.15) is 0 Å². The van der Waals surface area contributed by atoms with Crippen LogP contribution >= 0.6 is 0 Å². The summed E-state index contributed by atoms with van der Waals surface area (Å²) in [5, 5.41) is 11.0. The Hall–Kier alpha value is -3.97. The fourth-order valence-corrected chi connectivity index (χ4v) is 4.21. The molecule has 0 radical (unpaired) electrons. The number of nitrogens with zero attached hydrogens (tertiary/aromatic N) is 4. The molecule has 1 saturated heterocycles. The molecule has 7 nitrogen and oxygen atoms in total. The second-order valence-corrected chi connectivity index (χ2v) is 8.96. The molecule has 5 rings (SSSR count). The van der Waals surface area contributed by atoms with Gasteiger partial charge in [-0.05, 0) is 60.8 Å². The van der Waals surface area contributed by atoms with Gasteiger partial charge in [0, 0.05) is 18.8 Å². The van der Waals surface area contributed by atoms with Gasteiger partial charge in [-0.1, -0.05) is 59.8 Å². The molecular formula is C28H29N5O2. The Morgan fingerprint density at radius 3 is 2.29 bits per heavy atom. The highest BCUT2D eigenvalue weighted by Gasteiger charge is 2.18. The maximum Gasteiger partial charge on any atom is 0.277 e. The van der Waals surface area contributed by atoms with Crippen molar-refractivity contribution in [3.05, 3.63) is 96.3 Å². The van der Waals surface area contributed by atoms with E-state index < -0.39 is 0 Å². The molecule has 0 atom stereocenters. The zero-order valence-electron chi connectivity index (χ0n) is 19.8. The molecule has 2 heterocycles. The summed E-state index contributed by atoms with van der Waals surface area (Å²) < 4.78 is 7.81. The van der Waals surface area contributed by atoms with E-state index in [0.717, 1.165) is 48.4 Å². The van der Waals surface area contributed by atoms with E-state index in [0.29, 0.717) is 18.3 Å². The van der Waals surface area contributed by atoms with Crippen LogP contribution in [0.2, 0.25) is 0 Å². The van der Waals surface area contributed by atoms with Crippen molar-refractivity contribution in [1.29, 1.82) is 0 Å². The Morgan fingerprint density at radius 1 is 0.943 bits per heavy atom. The molecule has 1 aliphatic rings. The highest BCUT2D eigenvalue weighted by Crippen LogP contribution is 2.25. The van der Waals surface area contributed by atoms with Crippen LogP contribution in [0.3, 0.4) is 0 Å². The van der Waals surface area contributed by atoms with E-state index in [-0.39, 0.29) is 11.6 Å². The van der Waals surface area contributed by atoms with E-state index in [9.17, 15) is 4.79 Å². The molecule has 0 saturated carbocycles. The topological polar surface area (TPSA) is 72.3 Å². The number of hydrogen-bond acceptors (Lipinski definition) is 5. The molecule has 1 amide bonds. The fourth-order valence-electron chi connectivity index (χ4n) is 4.21. The number of carbonyl (C=O) groups is 1. The smallest absolute Gasteiger partial charge is 0.277 e. The first-order chi connectivity index (χ1) is 17.1. The molecule has 3 aromatic carbocycles. The predicted octanol–water partition coefficient (Wildman–Crippen LogP) is 4.72. The molecule has 1 N–H and O–H groups in total. The maximum absolute atomic E-state index is 12.6. The largest absolute Gasteiger partial charge is 0.490 e. The van der Waals surface area contributed by atoms with Crippen molar-refractivity contribution in [1.82, 2.24) is 19.9 Å². The number of hydrogen-bond donors (Lipinski definition) is 1. The highest BCUT2D eigenvalue weighted by molar-refractivity contribution is 6.02. The lowest BCUT2D eigenvalue weighted by Crippen LogP contribution is -2.35. The number of likely N-dealkylation sites (tertiary alicyclic amines) is 1. The Balaban J connectivity index is 1.16. The zero-order chi connectivity index (χ0) is 24.0. The highest BCUT2D eigenvalue weighted by atomic mass is 16.5. The number of benzene rings is 3. The van der Waals surface area contributed by atoms with Crippen LogP contribution in [0.15, 0.2) is 85.1 Å². The van der Waals surface area contributed by atoms with Gasteiger partial charge < -0.3 is 15.0 Å². The van der Waals surface area contributed by atoms with E-state index in [1.807, 2.05) is 66.7 Å². The Labute approximate surface area is 205 Å². The molecule has 1 aliphatic heterocycles. The second-order valence-electron chi connectivity index (χ2n) is 8.96. The van der Waals surface area contributed by atoms with E-state index in [1.165, 1.54) is 0 Å². The monoisotopic (exact) mass is 467 g/mol. The Morgan fingerprint density at radius 2 is 1.60 bits per heavy atom. The molecule has 0 spiro atoms. The van der Waals surface area contributed by atoms with E-state index >= 15 is 0 Å². The Bertz CT molecular complexity index is 1240. The molecule has 0 bridgehead atoms. The number of rotatable bonds is 7. The van der Waals surface area contributed by atoms with Crippen molar-refractivity contribution >= 4 is 11.6 Å². The summed E-state index contributed by atoms with van der Waals surface area (Å²) >= 11 is 0. The van der Waals surface area contributed by atoms with Crippen LogP contribution in [0.25, 0.3) is 11.1 Å². The van der Waals surface area contributed by atoms with Gasteiger partial charge >= 0.3 is 0 Å². The summed E-state index contributed by atoms with van der Waals surface area (Å²) in [4.78, 5) is 14.9. The fraction of sp³-hybridized carbons (Fsp3) is 0.250. The number of nitrogens with one attached hydrogen (secondary N) is 1. The van der Waals surface area contributed by atoms with Crippen molar-refractivity contribution in [2.45, 2.75) is 25.5 Å². The summed E-state index contributed by atoms with van der Waals surface area (Å²) in [6, 6.07) is 25.9. The van der Waals surface area contributed by atoms with Crippen molar-refractivity contribution in [3.8, 4) is 16.9 Å². The molecular weight excluding hydrogens is 438 g/mol. The molecule has 1 fully saturated rings. The molecule has 7 heteroatoms. The third kappa shape index (κ3) is 5.94. The van der Waals surface area contributed by atoms with Crippen molar-refractivity contribution in [2.75, 3.05) is 25.5 Å². The number of aromatic nitrogens is 3. The summed E-state index contributed by atoms with van der Waals surface area (Å²) in [5.74, 6) is 0.625. The van der Waals surface area contributed by atoms with Crippen LogP contribution in [0.5, 0.6) is 5.75 Å². The zero-order valence-corrected chi connectivity index (χ0v) is 19.8. The van der Waals surface area contributed by atoms with Crippen LogP contribution in [-0.2, 0) is 6.54 Å². The van der Waals surface area contributed by atoms with Crippen LogP contribution in [0.1, 0.15) is 28.9 Å². The first-order valence-corrected chi connectivity index (χ1v) is 11.9. The van der Waals surface area contributed by atoms with E-state index in [4.69, 9.17) is 4.74 Å². The first kappa shape index (κ1) is 22.8. The summed E-state index contributed by atoms with van der Waals surface area (Å²) in [5.41, 5.74) is 4.26. The standard InChI is InChI=1S/C28H29N5O2/c1-32-17-15-26(16-18-32)35-25-13-9-23(10-14-25)22-7-11-24(12-8-22)29-28(34)27-20-33(31-30-27)19-21-5-3-2-4-6-21/h2-14,20,26H,15-19H2,1H3,(H,29,34). The van der Waals surface area contributed by atoms with Gasteiger partial charge in [-0.15, -0.1) is 5.10 Å². The van der Waals surface area contributed by atoms with Crippen LogP contribution in [-0.4, -0.2) is 52.0 Å². The maximum atomic E-state index is 12.6. The molecule has 0 unspecified atom stereocenters. The van der Waals surface area contributed by atoms with Crippen LogP contribution in [0.4, 0.5) is 5.69 Å². The van der Waals surface area contributed by atoms with Gasteiger partial charge in [0.1, 0.15) is 11.9 Å². The van der Waals surface area contributed by atoms with Gasteiger partial charge in [-0.25, -0.2) is 4.68 Å². The van der Waals surface area contributed by atoms with Crippen LogP contribution < -0.4 is 10.1 Å². The van der Waals surface area contributed by atoms with Crippen molar-refractivity contribution in [3.63, 3.8) is 0 Å². The van der Waals surface area contributed by atoms with Crippen molar-refractivity contribution < 1.29 is 9.53 Å². The normalized spacial score (nSPS) is 14.5. The number of ether oxygens (including phenoxy) is 1. The SMILES string of the molecule is CN1CCC(Oc2ccc(-c3ccc(NC(=O)c4cn(Cc5ccccc5)nn4)cc3)cc2)CC1. The van der Waals surface area contributed by atoms with Gasteiger partial charge in [-0.3, -0.25) is 4.79 Å². The molecule has 178 valence electrons. The number of amides is 1. The third-order valence-electron chi connectivity index (χ3n) is 6.26. The van der Waals surface area contributed by atoms with E-state index in [2.05, 4.69) is 39.7 Å². The third-order valence-corrected chi connectivity index (χ3v) is 6.26. The number of carbonyl (C=O) groups excluding carboxylic acids is 1.